The summed E-state index contributed by atoms with van der Waals surface area (Å²) in [5.41, 5.74) is 1.50. The van der Waals surface area contributed by atoms with Crippen LogP contribution in [0.1, 0.15) is 20.3 Å². The maximum Gasteiger partial charge on any atom is -0.147 e. The molecule has 3 rings (SSSR count). The van der Waals surface area contributed by atoms with E-state index in [4.69, 9.17) is 0 Å². The van der Waals surface area contributed by atoms with Crippen LogP contribution in [-0.4, -0.2) is 0 Å². The Morgan fingerprint density at radius 3 is 2.35 bits per heavy atom. The third-order valence-electron chi connectivity index (χ3n) is 4.08. The summed E-state index contributed by atoms with van der Waals surface area (Å²) in [5, 5.41) is 0. The maximum absolute atomic E-state index is 2.51. The Labute approximate surface area is 120 Å². The average molecular weight is 307 g/mol. The number of halogens is 2. The monoisotopic (exact) mass is 306 g/mol. The zero-order chi connectivity index (χ0) is 10.5. The minimum Gasteiger partial charge on any atom is -0.147 e. The van der Waals surface area contributed by atoms with Crippen molar-refractivity contribution in [1.82, 2.24) is 0 Å². The molecule has 0 aromatic carbocycles. The van der Waals surface area contributed by atoms with Crippen LogP contribution in [0.5, 0.6) is 0 Å². The molecular weight excluding hydrogens is 287 g/mol. The molecule has 0 aromatic rings. The molecule has 2 aliphatic carbocycles. The molecule has 0 amide bonds. The Balaban J connectivity index is 0.000000722. The van der Waals surface area contributed by atoms with E-state index in [1.807, 2.05) is 7.76 Å². The summed E-state index contributed by atoms with van der Waals surface area (Å²) in [5.74, 6) is 0.744. The van der Waals surface area contributed by atoms with Crippen LogP contribution in [0.3, 0.4) is 0 Å². The molecule has 0 bridgehead atoms. The van der Waals surface area contributed by atoms with Crippen molar-refractivity contribution in [2.45, 2.75) is 29.7 Å². The van der Waals surface area contributed by atoms with Crippen LogP contribution in [0.2, 0.25) is 9.45 Å². The summed E-state index contributed by atoms with van der Waals surface area (Å²) in [6.45, 7) is 4.64. The van der Waals surface area contributed by atoms with Crippen LogP contribution >= 0.6 is 24.8 Å². The van der Waals surface area contributed by atoms with Crippen molar-refractivity contribution >= 4 is 24.8 Å². The first-order valence-electron chi connectivity index (χ1n) is 5.99. The molecule has 0 saturated carbocycles. The van der Waals surface area contributed by atoms with Crippen LogP contribution in [0, 0.1) is 5.92 Å². The molecule has 1 heterocycles. The van der Waals surface area contributed by atoms with E-state index in [1.54, 1.807) is 9.45 Å². The summed E-state index contributed by atoms with van der Waals surface area (Å²) in [6.07, 6.45) is 13.2. The van der Waals surface area contributed by atoms with Crippen molar-refractivity contribution in [2.24, 2.45) is 5.92 Å². The van der Waals surface area contributed by atoms with Crippen molar-refractivity contribution in [3.05, 3.63) is 43.7 Å². The van der Waals surface area contributed by atoms with E-state index in [2.05, 4.69) is 44.2 Å². The molecule has 0 radical (unpaired) electrons. The standard InChI is InChI=1S/C7H9.C5H5.C2H4.2ClH.Ti/c1-6-3-4-7(2)5-6;1-2-4-5-3-1;1-2;;;/h3,5,7H,1-2H3;1-3H,4H2;1-2H2;2*1H;. The van der Waals surface area contributed by atoms with Gasteiger partial charge in [0.1, 0.15) is 0 Å². The van der Waals surface area contributed by atoms with Crippen LogP contribution in [-0.2, 0) is 16.6 Å². The molecule has 3 aliphatic rings. The molecule has 0 aromatic heterocycles. The number of hydrogen-bond acceptors (Lipinski definition) is 0. The second-order valence-corrected chi connectivity index (χ2v) is 12.1. The average Bonchev–Trinajstić information content (AvgIpc) is 2.68. The maximum atomic E-state index is 2.51. The Kier molecular flexibility index (Phi) is 4.94. The Hall–Kier alpha value is 0.254. The number of hydrogen-bond donors (Lipinski definition) is 0. The predicted octanol–water partition coefficient (Wildman–Crippen LogP) is 5.16. The Morgan fingerprint density at radius 1 is 1.24 bits per heavy atom. The molecule has 1 saturated heterocycles. The molecule has 1 unspecified atom stereocenters. The van der Waals surface area contributed by atoms with Gasteiger partial charge in [-0.15, -0.1) is 24.8 Å². The normalized spacial score (nSPS) is 27.6. The molecule has 1 aliphatic heterocycles. The Morgan fingerprint density at radius 2 is 1.94 bits per heavy atom. The predicted molar refractivity (Wildman–Crippen MR) is 77.0 cm³/mol. The summed E-state index contributed by atoms with van der Waals surface area (Å²) in [4.78, 5) is 0. The first kappa shape index (κ1) is 15.3. The van der Waals surface area contributed by atoms with E-state index in [0.717, 1.165) is 5.92 Å². The molecule has 0 N–H and O–H groups in total. The van der Waals surface area contributed by atoms with E-state index in [1.165, 1.54) is 12.0 Å². The molecule has 0 spiro atoms. The van der Waals surface area contributed by atoms with Crippen LogP contribution < -0.4 is 0 Å². The second-order valence-electron chi connectivity index (χ2n) is 5.21. The molecule has 3 heteroatoms. The SMILES string of the molecule is CC1=CC(C)[C]([Ti]2([C]3=CC=CC3)[CH2][CH2]2)=C1.Cl.Cl. The zero-order valence-electron chi connectivity index (χ0n) is 10.4. The van der Waals surface area contributed by atoms with Gasteiger partial charge in [0.25, 0.3) is 0 Å². The summed E-state index contributed by atoms with van der Waals surface area (Å²) in [6, 6.07) is 0. The summed E-state index contributed by atoms with van der Waals surface area (Å²) >= 11 is -1.63. The second kappa shape index (κ2) is 5.49. The van der Waals surface area contributed by atoms with Crippen molar-refractivity contribution in [3.8, 4) is 0 Å². The first-order valence-corrected chi connectivity index (χ1v) is 9.76. The van der Waals surface area contributed by atoms with Crippen molar-refractivity contribution < 1.29 is 16.6 Å². The summed E-state index contributed by atoms with van der Waals surface area (Å²) < 4.78 is 6.83. The topological polar surface area (TPSA) is 0 Å². The molecule has 1 atom stereocenters. The van der Waals surface area contributed by atoms with Gasteiger partial charge in [0.05, 0.1) is 0 Å². The smallest absolute Gasteiger partial charge is 0.147 e. The first-order chi connectivity index (χ1) is 7.22. The largest absolute Gasteiger partial charge is 0.147 e. The zero-order valence-corrected chi connectivity index (χ0v) is 13.6. The third kappa shape index (κ3) is 2.51. The van der Waals surface area contributed by atoms with Crippen molar-refractivity contribution in [1.29, 1.82) is 0 Å². The van der Waals surface area contributed by atoms with Gasteiger partial charge >= 0.3 is 95.9 Å². The van der Waals surface area contributed by atoms with Crippen molar-refractivity contribution in [3.63, 3.8) is 0 Å². The van der Waals surface area contributed by atoms with E-state index in [0.29, 0.717) is 0 Å². The van der Waals surface area contributed by atoms with E-state index in [-0.39, 0.29) is 24.8 Å². The number of allylic oxidation sites excluding steroid dienone is 8. The summed E-state index contributed by atoms with van der Waals surface area (Å²) in [7, 11) is 0. The van der Waals surface area contributed by atoms with E-state index < -0.39 is 16.6 Å². The van der Waals surface area contributed by atoms with Gasteiger partial charge in [0.15, 0.2) is 0 Å². The fraction of sp³-hybridized carbons (Fsp3) is 0.429. The molecule has 0 nitrogen and oxygen atoms in total. The van der Waals surface area contributed by atoms with Gasteiger partial charge < -0.3 is 0 Å². The van der Waals surface area contributed by atoms with Crippen LogP contribution in [0.15, 0.2) is 43.7 Å². The molecule has 1 fully saturated rings. The minimum absolute atomic E-state index is 0. The van der Waals surface area contributed by atoms with Gasteiger partial charge in [-0.3, -0.25) is 0 Å². The quantitative estimate of drug-likeness (QED) is 0.618. The van der Waals surface area contributed by atoms with Crippen LogP contribution in [0.25, 0.3) is 0 Å². The van der Waals surface area contributed by atoms with Gasteiger partial charge in [-0.2, -0.15) is 0 Å². The van der Waals surface area contributed by atoms with E-state index >= 15 is 0 Å². The number of rotatable bonds is 2. The fourth-order valence-electron chi connectivity index (χ4n) is 3.21. The molecular formula is C14H20Cl2Ti. The van der Waals surface area contributed by atoms with Crippen LogP contribution in [0.4, 0.5) is 0 Å². The van der Waals surface area contributed by atoms with Gasteiger partial charge in [-0.05, 0) is 0 Å². The van der Waals surface area contributed by atoms with E-state index in [9.17, 15) is 0 Å². The Bertz CT molecular complexity index is 426. The van der Waals surface area contributed by atoms with Gasteiger partial charge in [-0.25, -0.2) is 0 Å². The fourth-order valence-corrected chi connectivity index (χ4v) is 11.4. The third-order valence-corrected chi connectivity index (χ3v) is 11.6. The minimum atomic E-state index is -1.63. The molecule has 94 valence electrons. The molecule has 17 heavy (non-hydrogen) atoms. The van der Waals surface area contributed by atoms with Gasteiger partial charge in [-0.1, -0.05) is 0 Å². The van der Waals surface area contributed by atoms with Gasteiger partial charge in [0.2, 0.25) is 0 Å². The van der Waals surface area contributed by atoms with Crippen molar-refractivity contribution in [2.75, 3.05) is 0 Å². The van der Waals surface area contributed by atoms with Gasteiger partial charge in [0, 0.05) is 0 Å².